The summed E-state index contributed by atoms with van der Waals surface area (Å²) in [5, 5.41) is 11.9. The summed E-state index contributed by atoms with van der Waals surface area (Å²) in [6, 6.07) is 1.18. The SMILES string of the molecule is Cl.Cl.O=C(/C=C/c1cnc(N[C@@H]2CCN(C3CCCCC3)C2)cn1)NO. The van der Waals surface area contributed by atoms with Gasteiger partial charge >= 0.3 is 0 Å². The van der Waals surface area contributed by atoms with Crippen molar-refractivity contribution in [1.82, 2.24) is 20.3 Å². The zero-order chi connectivity index (χ0) is 16.8. The maximum Gasteiger partial charge on any atom is 0.267 e. The molecule has 0 radical (unpaired) electrons. The number of rotatable bonds is 5. The fourth-order valence-electron chi connectivity index (χ4n) is 3.59. The van der Waals surface area contributed by atoms with E-state index in [1.54, 1.807) is 12.4 Å². The Balaban J connectivity index is 0.00000169. The lowest BCUT2D eigenvalue weighted by Crippen LogP contribution is -2.36. The van der Waals surface area contributed by atoms with Crippen LogP contribution in [0.4, 0.5) is 5.82 Å². The Bertz CT molecular complexity index is 579. The van der Waals surface area contributed by atoms with Crippen LogP contribution in [-0.4, -0.2) is 51.2 Å². The fourth-order valence-corrected chi connectivity index (χ4v) is 3.59. The van der Waals surface area contributed by atoms with E-state index in [2.05, 4.69) is 20.2 Å². The van der Waals surface area contributed by atoms with E-state index in [4.69, 9.17) is 5.21 Å². The largest absolute Gasteiger partial charge is 0.365 e. The van der Waals surface area contributed by atoms with Gasteiger partial charge in [0, 0.05) is 31.2 Å². The van der Waals surface area contributed by atoms with Gasteiger partial charge in [0.05, 0.1) is 18.1 Å². The first-order valence-electron chi connectivity index (χ1n) is 8.69. The molecule has 1 aliphatic heterocycles. The minimum absolute atomic E-state index is 0. The van der Waals surface area contributed by atoms with Crippen molar-refractivity contribution in [3.63, 3.8) is 0 Å². The van der Waals surface area contributed by atoms with Gasteiger partial charge in [-0.05, 0) is 25.3 Å². The van der Waals surface area contributed by atoms with Gasteiger partial charge in [-0.25, -0.2) is 10.5 Å². The summed E-state index contributed by atoms with van der Waals surface area (Å²) in [7, 11) is 0. The lowest BCUT2D eigenvalue weighted by molar-refractivity contribution is -0.124. The Labute approximate surface area is 166 Å². The summed E-state index contributed by atoms with van der Waals surface area (Å²) < 4.78 is 0. The number of hydroxylamine groups is 1. The lowest BCUT2D eigenvalue weighted by Gasteiger charge is -2.31. The number of carbonyl (C=O) groups excluding carboxylic acids is 1. The molecule has 3 N–H and O–H groups in total. The highest BCUT2D eigenvalue weighted by atomic mass is 35.5. The Kier molecular flexibility index (Phi) is 9.87. The van der Waals surface area contributed by atoms with Gasteiger partial charge in [-0.15, -0.1) is 24.8 Å². The average molecular weight is 404 g/mol. The summed E-state index contributed by atoms with van der Waals surface area (Å²) in [4.78, 5) is 22.1. The predicted octanol–water partition coefficient (Wildman–Crippen LogP) is 2.66. The molecule has 3 rings (SSSR count). The van der Waals surface area contributed by atoms with Crippen molar-refractivity contribution in [1.29, 1.82) is 0 Å². The number of hydrogen-bond donors (Lipinski definition) is 3. The predicted molar refractivity (Wildman–Crippen MR) is 106 cm³/mol. The summed E-state index contributed by atoms with van der Waals surface area (Å²) >= 11 is 0. The smallest absolute Gasteiger partial charge is 0.267 e. The van der Waals surface area contributed by atoms with Crippen molar-refractivity contribution < 1.29 is 10.0 Å². The van der Waals surface area contributed by atoms with Crippen LogP contribution in [0.25, 0.3) is 6.08 Å². The highest BCUT2D eigenvalue weighted by molar-refractivity contribution is 5.90. The number of nitrogens with zero attached hydrogens (tertiary/aromatic N) is 3. The van der Waals surface area contributed by atoms with Crippen LogP contribution in [0, 0.1) is 0 Å². The topological polar surface area (TPSA) is 90.4 Å². The molecule has 1 aromatic rings. The number of amides is 1. The molecule has 26 heavy (non-hydrogen) atoms. The fraction of sp³-hybridized carbons (Fsp3) is 0.588. The Morgan fingerprint density at radius 2 is 1.92 bits per heavy atom. The van der Waals surface area contributed by atoms with E-state index in [0.29, 0.717) is 11.7 Å². The van der Waals surface area contributed by atoms with E-state index in [1.807, 2.05) is 0 Å². The third-order valence-corrected chi connectivity index (χ3v) is 4.85. The molecule has 2 aliphatic rings. The van der Waals surface area contributed by atoms with Crippen molar-refractivity contribution in [2.24, 2.45) is 0 Å². The summed E-state index contributed by atoms with van der Waals surface area (Å²) in [6.45, 7) is 2.23. The molecule has 1 aliphatic carbocycles. The first kappa shape index (κ1) is 22.6. The van der Waals surface area contributed by atoms with Crippen LogP contribution in [0.1, 0.15) is 44.2 Å². The van der Waals surface area contributed by atoms with Crippen LogP contribution in [0.3, 0.4) is 0 Å². The zero-order valence-corrected chi connectivity index (χ0v) is 16.3. The van der Waals surface area contributed by atoms with E-state index in [9.17, 15) is 4.79 Å². The van der Waals surface area contributed by atoms with Crippen LogP contribution in [0.2, 0.25) is 0 Å². The number of hydrogen-bond acceptors (Lipinski definition) is 6. The van der Waals surface area contributed by atoms with E-state index in [0.717, 1.165) is 31.4 Å². The molecule has 1 saturated carbocycles. The van der Waals surface area contributed by atoms with Gasteiger partial charge in [0.15, 0.2) is 0 Å². The first-order chi connectivity index (χ1) is 11.7. The first-order valence-corrected chi connectivity index (χ1v) is 8.69. The van der Waals surface area contributed by atoms with Gasteiger partial charge in [0.2, 0.25) is 0 Å². The lowest BCUT2D eigenvalue weighted by atomic mass is 9.94. The second kappa shape index (κ2) is 11.3. The molecule has 1 atom stereocenters. The van der Waals surface area contributed by atoms with Crippen LogP contribution in [0.5, 0.6) is 0 Å². The average Bonchev–Trinajstić information content (AvgIpc) is 3.10. The van der Waals surface area contributed by atoms with Crippen LogP contribution in [-0.2, 0) is 4.79 Å². The highest BCUT2D eigenvalue weighted by Crippen LogP contribution is 2.26. The monoisotopic (exact) mass is 403 g/mol. The molecule has 7 nitrogen and oxygen atoms in total. The molecule has 146 valence electrons. The third kappa shape index (κ3) is 6.39. The number of halogens is 2. The number of aromatic nitrogens is 2. The molecule has 0 spiro atoms. The number of carbonyl (C=O) groups is 1. The normalized spacial score (nSPS) is 21.0. The molecule has 0 aromatic carbocycles. The molecule has 2 heterocycles. The molecule has 1 amide bonds. The van der Waals surface area contributed by atoms with Gasteiger partial charge < -0.3 is 5.32 Å². The Morgan fingerprint density at radius 1 is 1.15 bits per heavy atom. The molecular weight excluding hydrogens is 377 g/mol. The van der Waals surface area contributed by atoms with E-state index in [1.165, 1.54) is 49.7 Å². The maximum absolute atomic E-state index is 10.9. The van der Waals surface area contributed by atoms with Gasteiger partial charge in [0.1, 0.15) is 5.82 Å². The van der Waals surface area contributed by atoms with Crippen molar-refractivity contribution in [2.75, 3.05) is 18.4 Å². The molecule has 1 saturated heterocycles. The highest BCUT2D eigenvalue weighted by Gasteiger charge is 2.29. The minimum Gasteiger partial charge on any atom is -0.365 e. The summed E-state index contributed by atoms with van der Waals surface area (Å²) in [5.74, 6) is 0.169. The molecule has 0 bridgehead atoms. The zero-order valence-electron chi connectivity index (χ0n) is 14.6. The molecular formula is C17H27Cl2N5O2. The van der Waals surface area contributed by atoms with Crippen molar-refractivity contribution in [3.05, 3.63) is 24.2 Å². The molecule has 9 heteroatoms. The number of likely N-dealkylation sites (tertiary alicyclic amines) is 1. The van der Waals surface area contributed by atoms with E-state index in [-0.39, 0.29) is 24.8 Å². The minimum atomic E-state index is -0.590. The van der Waals surface area contributed by atoms with Crippen molar-refractivity contribution in [2.45, 2.75) is 50.6 Å². The van der Waals surface area contributed by atoms with Gasteiger partial charge in [-0.1, -0.05) is 19.3 Å². The standard InChI is InChI=1S/C17H25N5O2.2ClH/c23-17(21-24)7-6-13-10-19-16(11-18-13)20-14-8-9-22(12-14)15-4-2-1-3-5-15;;/h6-7,10-11,14-15,24H,1-5,8-9,12H2,(H,19,20)(H,21,23);2*1H/b7-6+;;/t14-;;/m1../s1. The maximum atomic E-state index is 10.9. The Morgan fingerprint density at radius 3 is 2.58 bits per heavy atom. The Hall–Kier alpha value is -1.41. The van der Waals surface area contributed by atoms with E-state index >= 15 is 0 Å². The third-order valence-electron chi connectivity index (χ3n) is 4.85. The van der Waals surface area contributed by atoms with Gasteiger partial charge in [0.25, 0.3) is 5.91 Å². The molecule has 1 aromatic heterocycles. The van der Waals surface area contributed by atoms with Crippen LogP contribution < -0.4 is 10.8 Å². The van der Waals surface area contributed by atoms with E-state index < -0.39 is 5.91 Å². The van der Waals surface area contributed by atoms with Crippen molar-refractivity contribution in [3.8, 4) is 0 Å². The van der Waals surface area contributed by atoms with Gasteiger partial charge in [-0.3, -0.25) is 19.9 Å². The quantitative estimate of drug-likeness (QED) is 0.397. The summed E-state index contributed by atoms with van der Waals surface area (Å²) in [6.07, 6.45) is 13.9. The summed E-state index contributed by atoms with van der Waals surface area (Å²) in [5.41, 5.74) is 2.10. The second-order valence-electron chi connectivity index (χ2n) is 6.55. The second-order valence-corrected chi connectivity index (χ2v) is 6.55. The molecule has 2 fully saturated rings. The van der Waals surface area contributed by atoms with Gasteiger partial charge in [-0.2, -0.15) is 0 Å². The number of nitrogens with one attached hydrogen (secondary N) is 2. The van der Waals surface area contributed by atoms with Crippen LogP contribution in [0.15, 0.2) is 18.5 Å². The number of anilines is 1. The van der Waals surface area contributed by atoms with Crippen LogP contribution >= 0.6 is 24.8 Å². The van der Waals surface area contributed by atoms with Crippen molar-refractivity contribution >= 4 is 42.6 Å². The molecule has 0 unspecified atom stereocenters.